The Labute approximate surface area is 182 Å². The second-order valence-electron chi connectivity index (χ2n) is 8.56. The maximum absolute atomic E-state index is 11.0. The Kier molecular flexibility index (Phi) is 5.11. The van der Waals surface area contributed by atoms with Gasteiger partial charge in [-0.3, -0.25) is 4.90 Å². The van der Waals surface area contributed by atoms with Crippen LogP contribution in [0.1, 0.15) is 41.5 Å². The van der Waals surface area contributed by atoms with E-state index in [9.17, 15) is 5.11 Å². The third kappa shape index (κ3) is 3.34. The number of fused-ring (bicyclic) bond motifs is 4. The summed E-state index contributed by atoms with van der Waals surface area (Å²) in [5.41, 5.74) is 7.89. The van der Waals surface area contributed by atoms with Gasteiger partial charge in [-0.05, 0) is 69.1 Å². The second-order valence-corrected chi connectivity index (χ2v) is 9.54. The molecule has 0 atom stereocenters. The van der Waals surface area contributed by atoms with E-state index < -0.39 is 0 Å². The molecule has 4 nitrogen and oxygen atoms in total. The first-order valence-electron chi connectivity index (χ1n) is 10.7. The van der Waals surface area contributed by atoms with Gasteiger partial charge in [0.25, 0.3) is 0 Å². The van der Waals surface area contributed by atoms with Crippen molar-refractivity contribution in [1.82, 2.24) is 9.88 Å². The van der Waals surface area contributed by atoms with Crippen LogP contribution in [-0.2, 0) is 12.3 Å². The fourth-order valence-electron chi connectivity index (χ4n) is 4.86. The van der Waals surface area contributed by atoms with Crippen LogP contribution in [0.2, 0.25) is 0 Å². The number of piperidine rings is 1. The number of hydrogen-bond donors (Lipinski definition) is 1. The van der Waals surface area contributed by atoms with Crippen molar-refractivity contribution >= 4 is 22.7 Å². The summed E-state index contributed by atoms with van der Waals surface area (Å²) in [4.78, 5) is 8.94. The van der Waals surface area contributed by atoms with Crippen LogP contribution in [-0.4, -0.2) is 35.2 Å². The number of ether oxygens (including phenoxy) is 1. The van der Waals surface area contributed by atoms with Crippen LogP contribution in [0.15, 0.2) is 29.2 Å². The lowest BCUT2D eigenvalue weighted by molar-refractivity contribution is 0.218. The fourth-order valence-corrected chi connectivity index (χ4v) is 5.97. The number of phenolic OH excluding ortho intramolecular Hbond substituents is 1. The molecule has 1 fully saturated rings. The minimum Gasteiger partial charge on any atom is -0.504 e. The summed E-state index contributed by atoms with van der Waals surface area (Å²) in [7, 11) is 1.62. The van der Waals surface area contributed by atoms with E-state index in [0.717, 1.165) is 41.0 Å². The van der Waals surface area contributed by atoms with E-state index in [-0.39, 0.29) is 5.75 Å². The zero-order chi connectivity index (χ0) is 20.8. The van der Waals surface area contributed by atoms with E-state index >= 15 is 0 Å². The molecule has 0 amide bonds. The van der Waals surface area contributed by atoms with Crippen molar-refractivity contribution in [2.75, 3.05) is 20.2 Å². The van der Waals surface area contributed by atoms with Gasteiger partial charge in [0.15, 0.2) is 11.5 Å². The highest BCUT2D eigenvalue weighted by atomic mass is 32.2. The van der Waals surface area contributed by atoms with Crippen molar-refractivity contribution in [3.63, 3.8) is 0 Å². The third-order valence-corrected chi connectivity index (χ3v) is 7.60. The lowest BCUT2D eigenvalue weighted by Gasteiger charge is -2.28. The smallest absolute Gasteiger partial charge is 0.164 e. The van der Waals surface area contributed by atoms with Crippen molar-refractivity contribution in [2.24, 2.45) is 0 Å². The van der Waals surface area contributed by atoms with Gasteiger partial charge in [-0.1, -0.05) is 18.1 Å². The van der Waals surface area contributed by atoms with Crippen molar-refractivity contribution in [3.8, 4) is 22.8 Å². The molecular formula is C25H28N2O2S. The zero-order valence-corrected chi connectivity index (χ0v) is 18.7. The van der Waals surface area contributed by atoms with Gasteiger partial charge in [0.2, 0.25) is 0 Å². The Balaban J connectivity index is 1.71. The van der Waals surface area contributed by atoms with Gasteiger partial charge in [0.05, 0.1) is 18.3 Å². The maximum atomic E-state index is 11.0. The number of aromatic hydroxyl groups is 1. The van der Waals surface area contributed by atoms with Crippen LogP contribution in [0, 0.1) is 13.8 Å². The van der Waals surface area contributed by atoms with Crippen LogP contribution in [0.3, 0.4) is 0 Å². The van der Waals surface area contributed by atoms with E-state index in [1.165, 1.54) is 46.4 Å². The van der Waals surface area contributed by atoms with Crippen LogP contribution in [0.5, 0.6) is 11.5 Å². The van der Waals surface area contributed by atoms with Crippen LogP contribution in [0.25, 0.3) is 22.2 Å². The van der Waals surface area contributed by atoms with Gasteiger partial charge >= 0.3 is 0 Å². The Morgan fingerprint density at radius 3 is 2.67 bits per heavy atom. The van der Waals surface area contributed by atoms with Crippen molar-refractivity contribution in [3.05, 3.63) is 46.5 Å². The largest absolute Gasteiger partial charge is 0.504 e. The van der Waals surface area contributed by atoms with Crippen LogP contribution < -0.4 is 4.74 Å². The Morgan fingerprint density at radius 1 is 1.10 bits per heavy atom. The summed E-state index contributed by atoms with van der Waals surface area (Å²) in [6, 6.07) is 8.67. The normalized spacial score (nSPS) is 16.4. The number of likely N-dealkylation sites (tertiary alicyclic amines) is 1. The lowest BCUT2D eigenvalue weighted by Crippen LogP contribution is -2.29. The maximum Gasteiger partial charge on any atom is 0.164 e. The van der Waals surface area contributed by atoms with Crippen LogP contribution in [0.4, 0.5) is 0 Å². The third-order valence-electron chi connectivity index (χ3n) is 6.32. The molecule has 0 saturated carbocycles. The first kappa shape index (κ1) is 19.7. The number of rotatable bonds is 3. The summed E-state index contributed by atoms with van der Waals surface area (Å²) in [5.74, 6) is 1.68. The number of thioether (sulfide) groups is 1. The predicted molar refractivity (Wildman–Crippen MR) is 124 cm³/mol. The highest BCUT2D eigenvalue weighted by Gasteiger charge is 2.24. The Hall–Kier alpha value is -2.24. The molecule has 0 bridgehead atoms. The molecule has 0 spiro atoms. The Morgan fingerprint density at radius 2 is 1.90 bits per heavy atom. The number of aromatic nitrogens is 1. The second kappa shape index (κ2) is 7.78. The number of aryl methyl sites for hydroxylation is 2. The molecule has 2 aliphatic rings. The molecule has 2 aromatic carbocycles. The molecule has 0 aliphatic carbocycles. The van der Waals surface area contributed by atoms with Crippen LogP contribution >= 0.6 is 11.8 Å². The first-order valence-corrected chi connectivity index (χ1v) is 11.7. The Bertz CT molecular complexity index is 1140. The minimum absolute atomic E-state index is 0.230. The predicted octanol–water partition coefficient (Wildman–Crippen LogP) is 5.82. The molecule has 3 aromatic rings. The quantitative estimate of drug-likeness (QED) is 0.578. The molecule has 5 rings (SSSR count). The molecule has 0 unspecified atom stereocenters. The number of methoxy groups -OCH3 is 1. The van der Waals surface area contributed by atoms with Crippen molar-refractivity contribution in [1.29, 1.82) is 0 Å². The number of benzene rings is 2. The molecule has 2 aliphatic heterocycles. The summed E-state index contributed by atoms with van der Waals surface area (Å²) in [6.45, 7) is 7.18. The van der Waals surface area contributed by atoms with E-state index in [4.69, 9.17) is 9.72 Å². The monoisotopic (exact) mass is 420 g/mol. The highest BCUT2D eigenvalue weighted by molar-refractivity contribution is 7.98. The van der Waals surface area contributed by atoms with Gasteiger partial charge in [-0.2, -0.15) is 0 Å². The molecular weight excluding hydrogens is 392 g/mol. The van der Waals surface area contributed by atoms with Crippen molar-refractivity contribution < 1.29 is 9.84 Å². The van der Waals surface area contributed by atoms with E-state index in [1.54, 1.807) is 7.11 Å². The number of phenols is 1. The fraction of sp³-hybridized carbons (Fsp3) is 0.400. The molecule has 0 radical (unpaired) electrons. The topological polar surface area (TPSA) is 45.6 Å². The van der Waals surface area contributed by atoms with E-state index in [0.29, 0.717) is 12.3 Å². The van der Waals surface area contributed by atoms with Gasteiger partial charge in [-0.15, -0.1) is 11.8 Å². The SMILES string of the molecule is COc1cc2cc3c(nc2c(CN2CCCCC2)c1O)-c1cc(C)cc(C)c1SC3. The lowest BCUT2D eigenvalue weighted by atomic mass is 9.98. The summed E-state index contributed by atoms with van der Waals surface area (Å²) in [6.07, 6.45) is 3.73. The number of pyridine rings is 1. The number of hydrogen-bond acceptors (Lipinski definition) is 5. The summed E-state index contributed by atoms with van der Waals surface area (Å²) < 4.78 is 5.51. The first-order chi connectivity index (χ1) is 14.5. The molecule has 30 heavy (non-hydrogen) atoms. The molecule has 1 aromatic heterocycles. The molecule has 1 N–H and O–H groups in total. The zero-order valence-electron chi connectivity index (χ0n) is 17.9. The number of nitrogens with zero attached hydrogens (tertiary/aromatic N) is 2. The molecule has 5 heteroatoms. The average Bonchev–Trinajstić information content (AvgIpc) is 2.75. The van der Waals surface area contributed by atoms with Crippen molar-refractivity contribution in [2.45, 2.75) is 50.3 Å². The van der Waals surface area contributed by atoms with E-state index in [2.05, 4.69) is 36.9 Å². The molecule has 3 heterocycles. The minimum atomic E-state index is 0.230. The summed E-state index contributed by atoms with van der Waals surface area (Å²) in [5, 5.41) is 12.1. The highest BCUT2D eigenvalue weighted by Crippen LogP contribution is 2.45. The standard InChI is InChI=1S/C25H28N2O2S/c1-15-9-16(2)25-19(10-15)23-18(14-30-25)11-17-12-21(29-3)24(28)20(22(17)26-23)13-27-7-5-4-6-8-27/h9-12,28H,4-8,13-14H2,1-3H3. The van der Waals surface area contributed by atoms with Gasteiger partial charge in [0.1, 0.15) is 0 Å². The van der Waals surface area contributed by atoms with Gasteiger partial charge < -0.3 is 9.84 Å². The van der Waals surface area contributed by atoms with Gasteiger partial charge in [-0.25, -0.2) is 4.98 Å². The van der Waals surface area contributed by atoms with E-state index in [1.807, 2.05) is 17.8 Å². The average molecular weight is 421 g/mol. The summed E-state index contributed by atoms with van der Waals surface area (Å²) >= 11 is 1.89. The van der Waals surface area contributed by atoms with Gasteiger partial charge in [0, 0.05) is 33.7 Å². The molecule has 1 saturated heterocycles. The molecule has 156 valence electrons.